The number of anilines is 3. The van der Waals surface area contributed by atoms with Gasteiger partial charge >= 0.3 is 12.3 Å². The Labute approximate surface area is 251 Å². The molecule has 0 aliphatic carbocycles. The van der Waals surface area contributed by atoms with Crippen LogP contribution in [0.4, 0.5) is 35.7 Å². The zero-order chi connectivity index (χ0) is 31.9. The van der Waals surface area contributed by atoms with Gasteiger partial charge in [0.2, 0.25) is 21.9 Å². The van der Waals surface area contributed by atoms with Gasteiger partial charge in [-0.3, -0.25) is 9.88 Å². The second-order valence-electron chi connectivity index (χ2n) is 11.3. The Morgan fingerprint density at radius 2 is 1.61 bits per heavy atom. The Morgan fingerprint density at radius 3 is 2.18 bits per heavy atom. The number of imidazole rings is 1. The number of sulfonamides is 1. The van der Waals surface area contributed by atoms with Crippen molar-refractivity contribution in [3.05, 3.63) is 12.4 Å². The van der Waals surface area contributed by atoms with E-state index < -0.39 is 34.4 Å². The van der Waals surface area contributed by atoms with E-state index in [-0.39, 0.29) is 55.1 Å². The molecule has 2 fully saturated rings. The standard InChI is InChI=1S/C25H33F3N10O5S/c1-24(2,3)43-23(39)34-21-29-13-16(14-30-21)18-32-19(35-9-11-42-12-10-35)17-20(33-18)38(15-25(26,27)28)22(31-17)36-5-7-37(8-6-36)44(4,40)41/h13-14H,5-12,15H2,1-4H3,(H,29,30,34,39). The van der Waals surface area contributed by atoms with E-state index in [1.54, 1.807) is 25.7 Å². The summed E-state index contributed by atoms with van der Waals surface area (Å²) in [6, 6.07) is 0. The Bertz CT molecular complexity index is 1610. The van der Waals surface area contributed by atoms with Gasteiger partial charge in [-0.25, -0.2) is 38.1 Å². The molecule has 0 aromatic carbocycles. The fourth-order valence-corrected chi connectivity index (χ4v) is 5.62. The molecule has 3 aromatic heterocycles. The number of carbonyl (C=O) groups excluding carboxylic acids is 1. The number of fused-ring (bicyclic) bond motifs is 1. The zero-order valence-electron chi connectivity index (χ0n) is 24.6. The highest BCUT2D eigenvalue weighted by atomic mass is 32.2. The molecule has 0 radical (unpaired) electrons. The number of rotatable bonds is 6. The molecule has 2 aliphatic rings. The molecule has 0 bridgehead atoms. The van der Waals surface area contributed by atoms with Crippen LogP contribution < -0.4 is 15.1 Å². The second-order valence-corrected chi connectivity index (χ2v) is 13.3. The fraction of sp³-hybridized carbons (Fsp3) is 0.600. The zero-order valence-corrected chi connectivity index (χ0v) is 25.4. The van der Waals surface area contributed by atoms with Gasteiger partial charge in [0.05, 0.1) is 25.0 Å². The number of amides is 1. The molecule has 3 aromatic rings. The van der Waals surface area contributed by atoms with Crippen molar-refractivity contribution in [1.82, 2.24) is 33.8 Å². The van der Waals surface area contributed by atoms with Crippen LogP contribution in [0, 0.1) is 0 Å². The molecule has 44 heavy (non-hydrogen) atoms. The average Bonchev–Trinajstić information content (AvgIpc) is 3.28. The van der Waals surface area contributed by atoms with Crippen LogP contribution in [0.1, 0.15) is 20.8 Å². The van der Waals surface area contributed by atoms with Crippen molar-refractivity contribution in [2.45, 2.75) is 39.1 Å². The first-order valence-corrected chi connectivity index (χ1v) is 15.6. The molecule has 15 nitrogen and oxygen atoms in total. The number of ether oxygens (including phenoxy) is 2. The Kier molecular flexibility index (Phi) is 8.56. The largest absolute Gasteiger partial charge is 0.444 e. The van der Waals surface area contributed by atoms with Crippen molar-refractivity contribution in [2.75, 3.05) is 73.9 Å². The summed E-state index contributed by atoms with van der Waals surface area (Å²) >= 11 is 0. The lowest BCUT2D eigenvalue weighted by molar-refractivity contribution is -0.139. The highest BCUT2D eigenvalue weighted by Crippen LogP contribution is 2.34. The molecule has 0 unspecified atom stereocenters. The maximum atomic E-state index is 14.0. The van der Waals surface area contributed by atoms with Crippen LogP contribution in [0.5, 0.6) is 0 Å². The highest BCUT2D eigenvalue weighted by molar-refractivity contribution is 7.88. The van der Waals surface area contributed by atoms with Gasteiger partial charge in [-0.15, -0.1) is 0 Å². The molecular formula is C25H33F3N10O5S. The van der Waals surface area contributed by atoms with Crippen LogP contribution in [-0.2, 0) is 26.0 Å². The molecule has 1 N–H and O–H groups in total. The summed E-state index contributed by atoms with van der Waals surface area (Å²) in [7, 11) is -3.45. The van der Waals surface area contributed by atoms with Crippen molar-refractivity contribution >= 4 is 45.0 Å². The molecule has 2 aliphatic heterocycles. The van der Waals surface area contributed by atoms with E-state index in [4.69, 9.17) is 9.47 Å². The lowest BCUT2D eigenvalue weighted by Gasteiger charge is -2.34. The number of piperazine rings is 1. The maximum Gasteiger partial charge on any atom is 0.414 e. The summed E-state index contributed by atoms with van der Waals surface area (Å²) in [5, 5.41) is 2.42. The number of hydrogen-bond acceptors (Lipinski definition) is 12. The molecule has 0 saturated carbocycles. The van der Waals surface area contributed by atoms with Crippen molar-refractivity contribution < 1.29 is 35.9 Å². The summed E-state index contributed by atoms with van der Waals surface area (Å²) in [5.41, 5.74) is -0.322. The fourth-order valence-electron chi connectivity index (χ4n) is 4.79. The third kappa shape index (κ3) is 7.44. The number of hydrogen-bond donors (Lipinski definition) is 1. The van der Waals surface area contributed by atoms with Gasteiger partial charge in [-0.1, -0.05) is 0 Å². The third-order valence-corrected chi connectivity index (χ3v) is 8.02. The van der Waals surface area contributed by atoms with E-state index in [2.05, 4.69) is 30.2 Å². The summed E-state index contributed by atoms with van der Waals surface area (Å²) in [4.78, 5) is 37.7. The predicted octanol–water partition coefficient (Wildman–Crippen LogP) is 2.11. The molecule has 19 heteroatoms. The molecular weight excluding hydrogens is 609 g/mol. The topological polar surface area (TPSA) is 161 Å². The highest BCUT2D eigenvalue weighted by Gasteiger charge is 2.35. The number of carbonyl (C=O) groups is 1. The number of nitrogens with one attached hydrogen (secondary N) is 1. The Balaban J connectivity index is 1.57. The van der Waals surface area contributed by atoms with Crippen molar-refractivity contribution in [1.29, 1.82) is 0 Å². The smallest absolute Gasteiger partial charge is 0.414 e. The Hall–Kier alpha value is -3.84. The SMILES string of the molecule is CC(C)(C)OC(=O)Nc1ncc(-c2nc(N3CCOCC3)c3nc(N4CCN(S(C)(=O)=O)CC4)n(CC(F)(F)F)c3n2)cn1. The lowest BCUT2D eigenvalue weighted by Crippen LogP contribution is -2.49. The van der Waals surface area contributed by atoms with Gasteiger partial charge in [0.25, 0.3) is 0 Å². The first kappa shape index (κ1) is 31.6. The number of morpholine rings is 1. The lowest BCUT2D eigenvalue weighted by atomic mass is 10.2. The van der Waals surface area contributed by atoms with Crippen molar-refractivity contribution in [2.24, 2.45) is 0 Å². The number of aromatic nitrogens is 6. The number of alkyl halides is 3. The van der Waals surface area contributed by atoms with Crippen LogP contribution in [0.3, 0.4) is 0 Å². The van der Waals surface area contributed by atoms with Crippen LogP contribution in [0.2, 0.25) is 0 Å². The van der Waals surface area contributed by atoms with Gasteiger partial charge in [0, 0.05) is 51.7 Å². The first-order valence-electron chi connectivity index (χ1n) is 13.8. The quantitative estimate of drug-likeness (QED) is 0.418. The first-order chi connectivity index (χ1) is 20.6. The van der Waals surface area contributed by atoms with E-state index in [0.29, 0.717) is 37.7 Å². The normalized spacial score (nSPS) is 17.2. The minimum atomic E-state index is -4.61. The molecule has 5 rings (SSSR count). The summed E-state index contributed by atoms with van der Waals surface area (Å²) in [6.07, 6.45) is -1.57. The Morgan fingerprint density at radius 1 is 0.977 bits per heavy atom. The van der Waals surface area contributed by atoms with E-state index >= 15 is 0 Å². The van der Waals surface area contributed by atoms with E-state index in [0.717, 1.165) is 10.8 Å². The summed E-state index contributed by atoms with van der Waals surface area (Å²) < 4.78 is 78.8. The number of nitrogens with zero attached hydrogens (tertiary/aromatic N) is 9. The molecule has 2 saturated heterocycles. The molecule has 1 amide bonds. The third-order valence-electron chi connectivity index (χ3n) is 6.72. The van der Waals surface area contributed by atoms with Crippen molar-refractivity contribution in [3.8, 4) is 11.4 Å². The van der Waals surface area contributed by atoms with Gasteiger partial charge in [0.15, 0.2) is 22.8 Å². The van der Waals surface area contributed by atoms with E-state index in [9.17, 15) is 26.4 Å². The average molecular weight is 643 g/mol. The number of halogens is 3. The van der Waals surface area contributed by atoms with E-state index in [1.807, 2.05) is 4.90 Å². The van der Waals surface area contributed by atoms with Crippen LogP contribution in [-0.4, -0.2) is 119 Å². The molecule has 0 atom stereocenters. The molecule has 240 valence electrons. The minimum Gasteiger partial charge on any atom is -0.444 e. The van der Waals surface area contributed by atoms with Gasteiger partial charge < -0.3 is 19.3 Å². The predicted molar refractivity (Wildman–Crippen MR) is 154 cm³/mol. The summed E-state index contributed by atoms with van der Waals surface area (Å²) in [6.45, 7) is 5.86. The van der Waals surface area contributed by atoms with Crippen molar-refractivity contribution in [3.63, 3.8) is 0 Å². The molecule has 5 heterocycles. The monoisotopic (exact) mass is 642 g/mol. The van der Waals surface area contributed by atoms with Gasteiger partial charge in [-0.05, 0) is 20.8 Å². The summed E-state index contributed by atoms with van der Waals surface area (Å²) in [5.74, 6) is 0.343. The molecule has 0 spiro atoms. The van der Waals surface area contributed by atoms with Crippen LogP contribution >= 0.6 is 0 Å². The van der Waals surface area contributed by atoms with Gasteiger partial charge in [0.1, 0.15) is 12.1 Å². The second kappa shape index (κ2) is 11.9. The van der Waals surface area contributed by atoms with Crippen LogP contribution in [0.25, 0.3) is 22.6 Å². The van der Waals surface area contributed by atoms with Crippen LogP contribution in [0.15, 0.2) is 12.4 Å². The van der Waals surface area contributed by atoms with E-state index in [1.165, 1.54) is 16.7 Å². The minimum absolute atomic E-state index is 0.0135. The maximum absolute atomic E-state index is 14.0. The van der Waals surface area contributed by atoms with Gasteiger partial charge in [-0.2, -0.15) is 17.5 Å².